The zero-order valence-electron chi connectivity index (χ0n) is 7.79. The Balaban J connectivity index is 2.28. The van der Waals surface area contributed by atoms with E-state index in [0.29, 0.717) is 5.92 Å². The van der Waals surface area contributed by atoms with Gasteiger partial charge in [-0.25, -0.2) is 0 Å². The van der Waals surface area contributed by atoms with Gasteiger partial charge in [0.05, 0.1) is 0 Å². The predicted molar refractivity (Wildman–Crippen MR) is 58.5 cm³/mol. The highest BCUT2D eigenvalue weighted by atomic mass is 14.6. The molecule has 0 bridgehead atoms. The number of hydrogen-bond acceptors (Lipinski definition) is 1. The number of rotatable bonds is 1. The number of allylic oxidation sites excluding steroid dienone is 5. The second kappa shape index (κ2) is 3.29. The van der Waals surface area contributed by atoms with Crippen molar-refractivity contribution < 1.29 is 0 Å². The molecule has 1 unspecified atom stereocenters. The van der Waals surface area contributed by atoms with Crippen molar-refractivity contribution in [2.24, 2.45) is 11.7 Å². The van der Waals surface area contributed by atoms with Gasteiger partial charge in [0.1, 0.15) is 0 Å². The highest BCUT2D eigenvalue weighted by Gasteiger charge is 2.16. The molecule has 1 aliphatic carbocycles. The number of hydrogen-bond donors (Lipinski definition) is 1. The van der Waals surface area contributed by atoms with Gasteiger partial charge in [-0.15, -0.1) is 5.98 Å². The maximum absolute atomic E-state index is 5.73. The molecule has 0 spiro atoms. The van der Waals surface area contributed by atoms with Crippen LogP contribution in [0.4, 0.5) is 0 Å². The molecule has 0 radical (unpaired) electrons. The Morgan fingerprint density at radius 3 is 3.23 bits per heavy atom. The van der Waals surface area contributed by atoms with Crippen molar-refractivity contribution in [3.05, 3.63) is 47.5 Å². The first-order chi connectivity index (χ1) is 6.27. The summed E-state index contributed by atoms with van der Waals surface area (Å²) in [5.74, 6) is 2.57. The van der Waals surface area contributed by atoms with Crippen molar-refractivity contribution in [3.63, 3.8) is 0 Å². The molecule has 2 aliphatic rings. The Kier molecular flexibility index (Phi) is 2.13. The summed E-state index contributed by atoms with van der Waals surface area (Å²) >= 11 is 0. The van der Waals surface area contributed by atoms with Gasteiger partial charge in [-0.3, -0.25) is 0 Å². The smallest absolute Gasteiger partial charge is 0.183 e. The van der Waals surface area contributed by atoms with Gasteiger partial charge < -0.3 is 5.73 Å². The van der Waals surface area contributed by atoms with Crippen LogP contribution < -0.4 is 5.73 Å². The third-order valence-corrected chi connectivity index (χ3v) is 2.73. The van der Waals surface area contributed by atoms with E-state index >= 15 is 0 Å². The molecule has 1 aliphatic heterocycles. The molecule has 66 valence electrons. The molecular formula is C11H14BN. The van der Waals surface area contributed by atoms with Crippen LogP contribution in [0.1, 0.15) is 12.8 Å². The zero-order valence-corrected chi connectivity index (χ0v) is 7.79. The van der Waals surface area contributed by atoms with Gasteiger partial charge in [0.25, 0.3) is 0 Å². The minimum absolute atomic E-state index is 0.367. The van der Waals surface area contributed by atoms with E-state index in [1.807, 2.05) is 0 Å². The van der Waals surface area contributed by atoms with Crippen LogP contribution in [0.3, 0.4) is 0 Å². The summed E-state index contributed by atoms with van der Waals surface area (Å²) in [7, 11) is 1.09. The van der Waals surface area contributed by atoms with Crippen LogP contribution in [0.2, 0.25) is 0 Å². The predicted octanol–water partition coefficient (Wildman–Crippen LogP) is 1.64. The summed E-state index contributed by atoms with van der Waals surface area (Å²) in [4.78, 5) is 0. The molecule has 2 N–H and O–H groups in total. The first kappa shape index (κ1) is 8.42. The Labute approximate surface area is 79.9 Å². The molecule has 0 amide bonds. The minimum atomic E-state index is 0.367. The van der Waals surface area contributed by atoms with Crippen molar-refractivity contribution >= 4 is 7.28 Å². The highest BCUT2D eigenvalue weighted by molar-refractivity contribution is 6.54. The summed E-state index contributed by atoms with van der Waals surface area (Å²) in [5, 5.41) is 0. The fourth-order valence-electron chi connectivity index (χ4n) is 1.93. The fourth-order valence-corrected chi connectivity index (χ4v) is 1.93. The second-order valence-electron chi connectivity index (χ2n) is 3.72. The first-order valence-corrected chi connectivity index (χ1v) is 4.79. The summed E-state index contributed by atoms with van der Waals surface area (Å²) < 4.78 is 0. The quantitative estimate of drug-likeness (QED) is 0.596. The molecule has 1 nitrogen and oxygen atoms in total. The topological polar surface area (TPSA) is 26.0 Å². The summed E-state index contributed by atoms with van der Waals surface area (Å²) in [5.41, 5.74) is 9.34. The van der Waals surface area contributed by atoms with E-state index in [4.69, 9.17) is 5.73 Å². The summed E-state index contributed by atoms with van der Waals surface area (Å²) in [6.07, 6.45) is 9.00. The second-order valence-corrected chi connectivity index (χ2v) is 3.72. The largest absolute Gasteiger partial charge is 0.402 e. The van der Waals surface area contributed by atoms with Crippen LogP contribution in [0, 0.1) is 5.92 Å². The lowest BCUT2D eigenvalue weighted by Crippen LogP contribution is -2.07. The summed E-state index contributed by atoms with van der Waals surface area (Å²) in [6, 6.07) is 0. The third-order valence-electron chi connectivity index (χ3n) is 2.73. The summed E-state index contributed by atoms with van der Waals surface area (Å²) in [6.45, 7) is 3.82. The van der Waals surface area contributed by atoms with E-state index in [-0.39, 0.29) is 0 Å². The Morgan fingerprint density at radius 1 is 1.62 bits per heavy atom. The minimum Gasteiger partial charge on any atom is -0.402 e. The first-order valence-electron chi connectivity index (χ1n) is 4.79. The SMILES string of the molecule is C=C(N)C1C=C2C=CBC2=CCC1. The van der Waals surface area contributed by atoms with Crippen molar-refractivity contribution in [1.82, 2.24) is 0 Å². The van der Waals surface area contributed by atoms with Crippen LogP contribution >= 0.6 is 0 Å². The van der Waals surface area contributed by atoms with Gasteiger partial charge in [0.2, 0.25) is 0 Å². The molecule has 1 heterocycles. The molecular weight excluding hydrogens is 157 g/mol. The van der Waals surface area contributed by atoms with Gasteiger partial charge in [-0.05, 0) is 18.4 Å². The van der Waals surface area contributed by atoms with Crippen LogP contribution in [0.5, 0.6) is 0 Å². The molecule has 2 heteroatoms. The van der Waals surface area contributed by atoms with Crippen molar-refractivity contribution in [2.45, 2.75) is 12.8 Å². The molecule has 0 fully saturated rings. The number of fused-ring (bicyclic) bond motifs is 1. The van der Waals surface area contributed by atoms with E-state index in [1.54, 1.807) is 0 Å². The van der Waals surface area contributed by atoms with E-state index in [9.17, 15) is 0 Å². The van der Waals surface area contributed by atoms with Crippen molar-refractivity contribution in [3.8, 4) is 0 Å². The third kappa shape index (κ3) is 1.62. The van der Waals surface area contributed by atoms with E-state index in [1.165, 1.54) is 11.0 Å². The van der Waals surface area contributed by atoms with Gasteiger partial charge >= 0.3 is 0 Å². The average Bonchev–Trinajstić information content (AvgIpc) is 2.42. The molecule has 1 atom stereocenters. The van der Waals surface area contributed by atoms with Gasteiger partial charge in [0, 0.05) is 11.6 Å². The molecule has 0 saturated carbocycles. The van der Waals surface area contributed by atoms with Gasteiger partial charge in [-0.2, -0.15) is 0 Å². The van der Waals surface area contributed by atoms with Gasteiger partial charge in [-0.1, -0.05) is 30.3 Å². The maximum atomic E-state index is 5.73. The van der Waals surface area contributed by atoms with E-state index in [2.05, 4.69) is 30.8 Å². The lowest BCUT2D eigenvalue weighted by atomic mass is 9.72. The highest BCUT2D eigenvalue weighted by Crippen LogP contribution is 2.27. The normalized spacial score (nSPS) is 25.4. The maximum Gasteiger partial charge on any atom is 0.183 e. The number of nitrogens with two attached hydrogens (primary N) is 1. The van der Waals surface area contributed by atoms with Crippen LogP contribution in [-0.2, 0) is 0 Å². The average molecular weight is 171 g/mol. The molecule has 0 aromatic rings. The van der Waals surface area contributed by atoms with E-state index in [0.717, 1.165) is 25.8 Å². The van der Waals surface area contributed by atoms with Crippen LogP contribution in [0.15, 0.2) is 47.5 Å². The molecule has 0 aromatic carbocycles. The molecule has 0 aromatic heterocycles. The Bertz CT molecular complexity index is 323. The van der Waals surface area contributed by atoms with Crippen molar-refractivity contribution in [2.75, 3.05) is 0 Å². The lowest BCUT2D eigenvalue weighted by Gasteiger charge is -2.09. The monoisotopic (exact) mass is 171 g/mol. The Hall–Kier alpha value is -1.18. The zero-order chi connectivity index (χ0) is 9.26. The fraction of sp³-hybridized carbons (Fsp3) is 0.273. The van der Waals surface area contributed by atoms with E-state index < -0.39 is 0 Å². The molecule has 13 heavy (non-hydrogen) atoms. The van der Waals surface area contributed by atoms with Crippen LogP contribution in [-0.4, -0.2) is 7.28 Å². The molecule has 0 saturated heterocycles. The van der Waals surface area contributed by atoms with Crippen LogP contribution in [0.25, 0.3) is 0 Å². The molecule has 2 rings (SSSR count). The van der Waals surface area contributed by atoms with Gasteiger partial charge in [0.15, 0.2) is 7.28 Å². The Morgan fingerprint density at radius 2 is 2.46 bits per heavy atom. The lowest BCUT2D eigenvalue weighted by molar-refractivity contribution is 0.682. The standard InChI is InChI=1S/C11H14BN/c1-8(13)9-3-2-4-11-10(7-9)5-6-12-11/h4-7,9,12H,1-3,13H2. The van der Waals surface area contributed by atoms with Crippen molar-refractivity contribution in [1.29, 1.82) is 0 Å².